The lowest BCUT2D eigenvalue weighted by Crippen LogP contribution is -2.26. The van der Waals surface area contributed by atoms with E-state index in [4.69, 9.17) is 23.2 Å². The topological polar surface area (TPSA) is 57.7 Å². The first-order valence-corrected chi connectivity index (χ1v) is 8.36. The second-order valence-corrected chi connectivity index (χ2v) is 6.22. The third kappa shape index (κ3) is 4.54. The highest BCUT2D eigenvalue weighted by Crippen LogP contribution is 2.19. The molecule has 0 aromatic carbocycles. The predicted molar refractivity (Wildman–Crippen MR) is 94.9 cm³/mol. The zero-order valence-electron chi connectivity index (χ0n) is 13.0. The highest BCUT2D eigenvalue weighted by molar-refractivity contribution is 6.31. The van der Waals surface area contributed by atoms with Crippen LogP contribution in [0.4, 0.5) is 0 Å². The molecule has 0 fully saturated rings. The number of aromatic nitrogens is 4. The standard InChI is InChI=1S/C17H17Cl2N5/c18-14-3-1-6-21-16(14)10-24(8-5-13-9-20-12-23-13)11-17-15(19)4-2-7-22-17/h1-4,6-7,9,12H,5,8,10-11H2,(H,20,23). The minimum Gasteiger partial charge on any atom is -0.348 e. The molecule has 3 aromatic rings. The molecule has 0 aliphatic rings. The lowest BCUT2D eigenvalue weighted by atomic mass is 10.2. The van der Waals surface area contributed by atoms with Gasteiger partial charge in [0.2, 0.25) is 0 Å². The summed E-state index contributed by atoms with van der Waals surface area (Å²) in [6.07, 6.45) is 7.86. The van der Waals surface area contributed by atoms with Gasteiger partial charge >= 0.3 is 0 Å². The summed E-state index contributed by atoms with van der Waals surface area (Å²) in [5.41, 5.74) is 2.77. The average molecular weight is 362 g/mol. The number of hydrogen-bond donors (Lipinski definition) is 1. The average Bonchev–Trinajstić information content (AvgIpc) is 3.10. The van der Waals surface area contributed by atoms with Gasteiger partial charge in [0.1, 0.15) is 0 Å². The van der Waals surface area contributed by atoms with Crippen LogP contribution >= 0.6 is 23.2 Å². The maximum absolute atomic E-state index is 6.26. The second-order valence-electron chi connectivity index (χ2n) is 5.40. The summed E-state index contributed by atoms with van der Waals surface area (Å²) in [6, 6.07) is 7.36. The Hall–Kier alpha value is -1.95. The van der Waals surface area contributed by atoms with Crippen molar-refractivity contribution in [1.29, 1.82) is 0 Å². The molecular weight excluding hydrogens is 345 g/mol. The minimum atomic E-state index is 0.626. The maximum Gasteiger partial charge on any atom is 0.0921 e. The number of pyridine rings is 2. The monoisotopic (exact) mass is 361 g/mol. The number of H-pyrrole nitrogens is 1. The highest BCUT2D eigenvalue weighted by Gasteiger charge is 2.13. The molecule has 0 aliphatic heterocycles. The van der Waals surface area contributed by atoms with Gasteiger partial charge in [0.25, 0.3) is 0 Å². The first-order chi connectivity index (χ1) is 11.7. The van der Waals surface area contributed by atoms with Crippen molar-refractivity contribution in [2.75, 3.05) is 6.54 Å². The maximum atomic E-state index is 6.26. The van der Waals surface area contributed by atoms with Crippen LogP contribution in [-0.2, 0) is 19.5 Å². The van der Waals surface area contributed by atoms with Crippen LogP contribution in [0.15, 0.2) is 49.2 Å². The minimum absolute atomic E-state index is 0.626. The molecule has 24 heavy (non-hydrogen) atoms. The molecule has 3 heterocycles. The van der Waals surface area contributed by atoms with Gasteiger partial charge < -0.3 is 4.98 Å². The largest absolute Gasteiger partial charge is 0.348 e. The molecule has 0 spiro atoms. The number of rotatable bonds is 7. The summed E-state index contributed by atoms with van der Waals surface area (Å²) in [7, 11) is 0. The molecule has 0 aliphatic carbocycles. The fraction of sp³-hybridized carbons (Fsp3) is 0.235. The molecule has 0 radical (unpaired) electrons. The third-order valence-electron chi connectivity index (χ3n) is 3.67. The quantitative estimate of drug-likeness (QED) is 0.696. The Bertz CT molecular complexity index is 729. The van der Waals surface area contributed by atoms with Crippen LogP contribution in [0, 0.1) is 0 Å². The fourth-order valence-corrected chi connectivity index (χ4v) is 2.77. The summed E-state index contributed by atoms with van der Waals surface area (Å²) in [4.78, 5) is 18.2. The molecule has 5 nitrogen and oxygen atoms in total. The van der Waals surface area contributed by atoms with Gasteiger partial charge in [-0.2, -0.15) is 0 Å². The SMILES string of the molecule is Clc1cccnc1CN(CCc1cnc[nH]1)Cc1ncccc1Cl. The van der Waals surface area contributed by atoms with Gasteiger partial charge in [-0.1, -0.05) is 23.2 Å². The number of hydrogen-bond acceptors (Lipinski definition) is 4. The van der Waals surface area contributed by atoms with Gasteiger partial charge in [-0.25, -0.2) is 4.98 Å². The summed E-state index contributed by atoms with van der Waals surface area (Å²) in [5.74, 6) is 0. The van der Waals surface area contributed by atoms with Crippen molar-refractivity contribution in [3.63, 3.8) is 0 Å². The van der Waals surface area contributed by atoms with E-state index in [1.807, 2.05) is 30.5 Å². The van der Waals surface area contributed by atoms with Crippen molar-refractivity contribution in [2.45, 2.75) is 19.5 Å². The third-order valence-corrected chi connectivity index (χ3v) is 4.36. The van der Waals surface area contributed by atoms with Crippen molar-refractivity contribution in [3.05, 3.63) is 76.3 Å². The molecular formula is C17H17Cl2N5. The van der Waals surface area contributed by atoms with Crippen molar-refractivity contribution in [2.24, 2.45) is 0 Å². The van der Waals surface area contributed by atoms with Crippen molar-refractivity contribution in [3.8, 4) is 0 Å². The number of aromatic amines is 1. The van der Waals surface area contributed by atoms with E-state index in [1.54, 1.807) is 18.7 Å². The Kier molecular flexibility index (Phi) is 5.80. The van der Waals surface area contributed by atoms with E-state index < -0.39 is 0 Å². The van der Waals surface area contributed by atoms with Crippen LogP contribution in [0.25, 0.3) is 0 Å². The number of nitrogens with one attached hydrogen (secondary N) is 1. The zero-order valence-corrected chi connectivity index (χ0v) is 14.5. The van der Waals surface area contributed by atoms with Gasteiger partial charge in [0.05, 0.1) is 27.8 Å². The molecule has 3 rings (SSSR count). The van der Waals surface area contributed by atoms with Crippen LogP contribution in [0.2, 0.25) is 10.0 Å². The Labute approximate surface area is 150 Å². The Morgan fingerprint density at radius 2 is 1.58 bits per heavy atom. The van der Waals surface area contributed by atoms with Crippen LogP contribution < -0.4 is 0 Å². The van der Waals surface area contributed by atoms with Crippen molar-refractivity contribution >= 4 is 23.2 Å². The number of halogens is 2. The molecule has 0 bridgehead atoms. The predicted octanol–water partition coefficient (Wildman–Crippen LogP) is 3.75. The first kappa shape index (κ1) is 16.9. The van der Waals surface area contributed by atoms with Gasteiger partial charge in [-0.3, -0.25) is 14.9 Å². The summed E-state index contributed by atoms with van der Waals surface area (Å²) in [6.45, 7) is 2.06. The molecule has 0 saturated carbocycles. The lowest BCUT2D eigenvalue weighted by Gasteiger charge is -2.22. The van der Waals surface area contributed by atoms with Crippen LogP contribution in [0.1, 0.15) is 17.1 Å². The molecule has 1 N–H and O–H groups in total. The normalized spacial score (nSPS) is 11.1. The molecule has 0 unspecified atom stereocenters. The van der Waals surface area contributed by atoms with Gasteiger partial charge in [-0.15, -0.1) is 0 Å². The van der Waals surface area contributed by atoms with E-state index in [1.165, 1.54) is 0 Å². The molecule has 0 amide bonds. The Morgan fingerprint density at radius 1 is 0.958 bits per heavy atom. The number of imidazole rings is 1. The van der Waals surface area contributed by atoms with Gasteiger partial charge in [-0.05, 0) is 24.3 Å². The van der Waals surface area contributed by atoms with E-state index >= 15 is 0 Å². The molecule has 3 aromatic heterocycles. The summed E-state index contributed by atoms with van der Waals surface area (Å²) < 4.78 is 0. The van der Waals surface area contributed by atoms with Crippen molar-refractivity contribution < 1.29 is 0 Å². The smallest absolute Gasteiger partial charge is 0.0921 e. The van der Waals surface area contributed by atoms with Crippen molar-refractivity contribution in [1.82, 2.24) is 24.8 Å². The second kappa shape index (κ2) is 8.24. The lowest BCUT2D eigenvalue weighted by molar-refractivity contribution is 0.253. The van der Waals surface area contributed by atoms with E-state index in [0.29, 0.717) is 23.1 Å². The van der Waals surface area contributed by atoms with Crippen LogP contribution in [0.3, 0.4) is 0 Å². The Balaban J connectivity index is 1.75. The Morgan fingerprint density at radius 3 is 2.08 bits per heavy atom. The summed E-state index contributed by atoms with van der Waals surface area (Å²) in [5, 5.41) is 1.33. The molecule has 124 valence electrons. The fourth-order valence-electron chi connectivity index (χ4n) is 2.41. The van der Waals surface area contributed by atoms with Gasteiger partial charge in [0, 0.05) is 50.3 Å². The summed E-state index contributed by atoms with van der Waals surface area (Å²) >= 11 is 12.5. The highest BCUT2D eigenvalue weighted by atomic mass is 35.5. The van der Waals surface area contributed by atoms with E-state index in [9.17, 15) is 0 Å². The van der Waals surface area contributed by atoms with Crippen LogP contribution in [0.5, 0.6) is 0 Å². The van der Waals surface area contributed by atoms with E-state index in [0.717, 1.165) is 30.0 Å². The molecule has 0 saturated heterocycles. The van der Waals surface area contributed by atoms with E-state index in [-0.39, 0.29) is 0 Å². The van der Waals surface area contributed by atoms with E-state index in [2.05, 4.69) is 24.8 Å². The molecule has 7 heteroatoms. The van der Waals surface area contributed by atoms with Gasteiger partial charge in [0.15, 0.2) is 0 Å². The first-order valence-electron chi connectivity index (χ1n) is 7.61. The van der Waals surface area contributed by atoms with Crippen LogP contribution in [-0.4, -0.2) is 31.4 Å². The number of nitrogens with zero attached hydrogens (tertiary/aromatic N) is 4. The zero-order chi connectivity index (χ0) is 16.8. The molecule has 0 atom stereocenters.